The minimum absolute atomic E-state index is 0.0545. The van der Waals surface area contributed by atoms with Crippen molar-refractivity contribution in [1.29, 1.82) is 0 Å². The molecule has 2 atom stereocenters. The molecule has 2 unspecified atom stereocenters. The maximum Gasteiger partial charge on any atom is 0.129 e. The Morgan fingerprint density at radius 1 is 1.10 bits per heavy atom. The summed E-state index contributed by atoms with van der Waals surface area (Å²) in [4.78, 5) is 0. The Morgan fingerprint density at radius 2 is 1.81 bits per heavy atom. The Hall–Kier alpha value is -1.94. The second-order valence-corrected chi connectivity index (χ2v) is 5.45. The van der Waals surface area contributed by atoms with E-state index in [0.717, 1.165) is 17.7 Å². The molecule has 0 bridgehead atoms. The molecule has 1 aliphatic rings. The summed E-state index contributed by atoms with van der Waals surface area (Å²) in [5.41, 5.74) is 7.32. The molecule has 1 aliphatic heterocycles. The van der Waals surface area contributed by atoms with Gasteiger partial charge in [0, 0.05) is 17.5 Å². The van der Waals surface area contributed by atoms with Crippen LogP contribution in [-0.4, -0.2) is 12.6 Å². The topological polar surface area (TPSA) is 35.2 Å². The van der Waals surface area contributed by atoms with E-state index >= 15 is 0 Å². The highest BCUT2D eigenvalue weighted by Crippen LogP contribution is 2.29. The quantitative estimate of drug-likeness (QED) is 0.942. The number of nitrogens with two attached hydrogens (primary N) is 1. The number of para-hydroxylation sites is 1. The Bertz CT molecular complexity index is 624. The maximum absolute atomic E-state index is 13.7. The third-order valence-electron chi connectivity index (χ3n) is 4.01. The number of rotatable bonds is 3. The molecular weight excluding hydrogens is 272 g/mol. The minimum atomic E-state index is -0.539. The van der Waals surface area contributed by atoms with Gasteiger partial charge in [0.05, 0.1) is 6.61 Å². The average Bonchev–Trinajstić information content (AvgIpc) is 2.50. The van der Waals surface area contributed by atoms with Crippen molar-refractivity contribution in [2.24, 2.45) is 11.7 Å². The number of hydrogen-bond acceptors (Lipinski definition) is 2. The van der Waals surface area contributed by atoms with E-state index in [4.69, 9.17) is 10.5 Å². The summed E-state index contributed by atoms with van der Waals surface area (Å²) >= 11 is 0. The molecule has 3 rings (SSSR count). The zero-order chi connectivity index (χ0) is 14.8. The van der Waals surface area contributed by atoms with E-state index in [0.29, 0.717) is 6.61 Å². The molecule has 0 radical (unpaired) electrons. The van der Waals surface area contributed by atoms with Gasteiger partial charge in [0.25, 0.3) is 0 Å². The normalized spacial score (nSPS) is 18.7. The Labute approximate surface area is 122 Å². The van der Waals surface area contributed by atoms with Gasteiger partial charge in [-0.15, -0.1) is 0 Å². The van der Waals surface area contributed by atoms with E-state index in [9.17, 15) is 8.78 Å². The third-order valence-corrected chi connectivity index (χ3v) is 4.01. The summed E-state index contributed by atoms with van der Waals surface area (Å²) < 4.78 is 33.1. The Balaban J connectivity index is 1.74. The molecule has 0 amide bonds. The van der Waals surface area contributed by atoms with Crippen molar-refractivity contribution in [1.82, 2.24) is 0 Å². The lowest BCUT2D eigenvalue weighted by molar-refractivity contribution is 0.198. The van der Waals surface area contributed by atoms with Crippen molar-refractivity contribution >= 4 is 0 Å². The standard InChI is InChI=1S/C17H17F2NO/c18-14-5-3-6-15(19)13(14)9-16(20)12-8-11-4-1-2-7-17(11)21-10-12/h1-7,12,16H,8-10,20H2. The number of benzene rings is 2. The Kier molecular flexibility index (Phi) is 3.88. The van der Waals surface area contributed by atoms with Crippen LogP contribution in [-0.2, 0) is 12.8 Å². The highest BCUT2D eigenvalue weighted by atomic mass is 19.1. The lowest BCUT2D eigenvalue weighted by Crippen LogP contribution is -2.39. The van der Waals surface area contributed by atoms with Gasteiger partial charge >= 0.3 is 0 Å². The molecule has 2 aromatic rings. The zero-order valence-corrected chi connectivity index (χ0v) is 11.6. The molecule has 0 aromatic heterocycles. The van der Waals surface area contributed by atoms with E-state index in [1.165, 1.54) is 18.2 Å². The number of fused-ring (bicyclic) bond motifs is 1. The number of ether oxygens (including phenoxy) is 1. The van der Waals surface area contributed by atoms with Crippen LogP contribution in [0.1, 0.15) is 11.1 Å². The third kappa shape index (κ3) is 2.90. The molecule has 2 aromatic carbocycles. The van der Waals surface area contributed by atoms with Gasteiger partial charge < -0.3 is 10.5 Å². The first-order chi connectivity index (χ1) is 10.1. The predicted octanol–water partition coefficient (Wildman–Crippen LogP) is 3.09. The van der Waals surface area contributed by atoms with E-state index in [2.05, 4.69) is 0 Å². The summed E-state index contributed by atoms with van der Waals surface area (Å²) in [6.07, 6.45) is 0.947. The maximum atomic E-state index is 13.7. The van der Waals surface area contributed by atoms with Crippen molar-refractivity contribution in [3.05, 3.63) is 65.2 Å². The van der Waals surface area contributed by atoms with Gasteiger partial charge in [0.2, 0.25) is 0 Å². The highest BCUT2D eigenvalue weighted by molar-refractivity contribution is 5.35. The van der Waals surface area contributed by atoms with Gasteiger partial charge in [-0.1, -0.05) is 24.3 Å². The molecule has 4 heteroatoms. The van der Waals surface area contributed by atoms with Crippen molar-refractivity contribution in [2.45, 2.75) is 18.9 Å². The van der Waals surface area contributed by atoms with Crippen LogP contribution in [0.2, 0.25) is 0 Å². The first-order valence-corrected chi connectivity index (χ1v) is 7.04. The van der Waals surface area contributed by atoms with Crippen molar-refractivity contribution in [2.75, 3.05) is 6.61 Å². The van der Waals surface area contributed by atoms with Gasteiger partial charge in [-0.3, -0.25) is 0 Å². The van der Waals surface area contributed by atoms with Crippen LogP contribution in [0.4, 0.5) is 8.78 Å². The zero-order valence-electron chi connectivity index (χ0n) is 11.6. The molecule has 0 fully saturated rings. The molecule has 0 aliphatic carbocycles. The molecular formula is C17H17F2NO. The summed E-state index contributed by atoms with van der Waals surface area (Å²) in [6.45, 7) is 0.480. The summed E-state index contributed by atoms with van der Waals surface area (Å²) in [6, 6.07) is 11.3. The second-order valence-electron chi connectivity index (χ2n) is 5.45. The largest absolute Gasteiger partial charge is 0.493 e. The summed E-state index contributed by atoms with van der Waals surface area (Å²) in [5.74, 6) is -0.151. The molecule has 2 nitrogen and oxygen atoms in total. The summed E-state index contributed by atoms with van der Waals surface area (Å²) in [7, 11) is 0. The van der Waals surface area contributed by atoms with E-state index in [1.54, 1.807) is 0 Å². The lowest BCUT2D eigenvalue weighted by atomic mass is 9.87. The molecule has 0 saturated heterocycles. The summed E-state index contributed by atoms with van der Waals surface area (Å²) in [5, 5.41) is 0. The Morgan fingerprint density at radius 3 is 2.57 bits per heavy atom. The van der Waals surface area contributed by atoms with Crippen molar-refractivity contribution in [3.63, 3.8) is 0 Å². The van der Waals surface area contributed by atoms with Gasteiger partial charge in [-0.25, -0.2) is 8.78 Å². The van der Waals surface area contributed by atoms with E-state index < -0.39 is 11.6 Å². The van der Waals surface area contributed by atoms with Gasteiger partial charge in [0.15, 0.2) is 0 Å². The van der Waals surface area contributed by atoms with Gasteiger partial charge in [-0.2, -0.15) is 0 Å². The van der Waals surface area contributed by atoms with Crippen LogP contribution in [0.15, 0.2) is 42.5 Å². The van der Waals surface area contributed by atoms with Crippen LogP contribution in [0, 0.1) is 17.6 Å². The van der Waals surface area contributed by atoms with Crippen LogP contribution >= 0.6 is 0 Å². The lowest BCUT2D eigenvalue weighted by Gasteiger charge is -2.29. The van der Waals surface area contributed by atoms with Crippen LogP contribution in [0.3, 0.4) is 0 Å². The first kappa shape index (κ1) is 14.0. The molecule has 0 saturated carbocycles. The SMILES string of the molecule is NC(Cc1c(F)cccc1F)C1COc2ccccc2C1. The molecule has 1 heterocycles. The van der Waals surface area contributed by atoms with Crippen LogP contribution in [0.25, 0.3) is 0 Å². The van der Waals surface area contributed by atoms with E-state index in [1.807, 2.05) is 24.3 Å². The fourth-order valence-electron chi connectivity index (χ4n) is 2.76. The van der Waals surface area contributed by atoms with Crippen LogP contribution in [0.5, 0.6) is 5.75 Å². The smallest absolute Gasteiger partial charge is 0.129 e. The first-order valence-electron chi connectivity index (χ1n) is 7.04. The number of hydrogen-bond donors (Lipinski definition) is 1. The highest BCUT2D eigenvalue weighted by Gasteiger charge is 2.26. The number of halogens is 2. The molecule has 21 heavy (non-hydrogen) atoms. The average molecular weight is 289 g/mol. The van der Waals surface area contributed by atoms with E-state index in [-0.39, 0.29) is 23.9 Å². The molecule has 110 valence electrons. The second kappa shape index (κ2) is 5.82. The minimum Gasteiger partial charge on any atom is -0.493 e. The fourth-order valence-corrected chi connectivity index (χ4v) is 2.76. The molecule has 2 N–H and O–H groups in total. The predicted molar refractivity (Wildman–Crippen MR) is 77.2 cm³/mol. The van der Waals surface area contributed by atoms with Crippen molar-refractivity contribution < 1.29 is 13.5 Å². The van der Waals surface area contributed by atoms with Crippen LogP contribution < -0.4 is 10.5 Å². The van der Waals surface area contributed by atoms with Gasteiger partial charge in [0.1, 0.15) is 17.4 Å². The van der Waals surface area contributed by atoms with Crippen molar-refractivity contribution in [3.8, 4) is 5.75 Å². The monoisotopic (exact) mass is 289 g/mol. The fraction of sp³-hybridized carbons (Fsp3) is 0.294. The molecule has 0 spiro atoms. The van der Waals surface area contributed by atoms with Gasteiger partial charge in [-0.05, 0) is 36.6 Å².